The van der Waals surface area contributed by atoms with Gasteiger partial charge in [0.05, 0.1) is 9.82 Å². The molecule has 98 valence electrons. The highest BCUT2D eigenvalue weighted by Crippen LogP contribution is 2.24. The second-order valence-corrected chi connectivity index (χ2v) is 5.62. The Balaban J connectivity index is 3.14. The summed E-state index contributed by atoms with van der Waals surface area (Å²) in [7, 11) is -3.88. The number of benzene rings is 1. The molecule has 0 spiro atoms. The van der Waals surface area contributed by atoms with E-state index in [0.717, 1.165) is 12.1 Å². The number of rotatable bonds is 5. The zero-order valence-electron chi connectivity index (χ0n) is 9.09. The van der Waals surface area contributed by atoms with Gasteiger partial charge < -0.3 is 5.73 Å². The molecule has 1 aromatic carbocycles. The van der Waals surface area contributed by atoms with E-state index in [2.05, 4.69) is 11.3 Å². The van der Waals surface area contributed by atoms with Crippen LogP contribution in [0.4, 0.5) is 11.4 Å². The van der Waals surface area contributed by atoms with Gasteiger partial charge in [-0.25, -0.2) is 13.1 Å². The number of hydrogen-bond acceptors (Lipinski definition) is 5. The van der Waals surface area contributed by atoms with Gasteiger partial charge in [0.1, 0.15) is 5.69 Å². The van der Waals surface area contributed by atoms with Gasteiger partial charge in [-0.1, -0.05) is 18.2 Å². The summed E-state index contributed by atoms with van der Waals surface area (Å²) in [6, 6.07) is 3.21. The Morgan fingerprint density at radius 2 is 2.17 bits per heavy atom. The summed E-state index contributed by atoms with van der Waals surface area (Å²) in [5, 5.41) is 10.7. The van der Waals surface area contributed by atoms with Crippen molar-refractivity contribution in [2.24, 2.45) is 0 Å². The fourth-order valence-corrected chi connectivity index (χ4v) is 2.30. The second kappa shape index (κ2) is 5.34. The first kappa shape index (κ1) is 14.4. The van der Waals surface area contributed by atoms with Crippen LogP contribution < -0.4 is 10.5 Å². The number of halogens is 1. The van der Waals surface area contributed by atoms with Crippen molar-refractivity contribution in [3.05, 3.63) is 39.9 Å². The molecule has 0 aromatic heterocycles. The first-order chi connectivity index (χ1) is 8.24. The quantitative estimate of drug-likeness (QED) is 0.480. The van der Waals surface area contributed by atoms with Crippen molar-refractivity contribution >= 4 is 33.0 Å². The van der Waals surface area contributed by atoms with Gasteiger partial charge in [0.15, 0.2) is 0 Å². The summed E-state index contributed by atoms with van der Waals surface area (Å²) in [6.07, 6.45) is 0. The molecule has 0 saturated carbocycles. The van der Waals surface area contributed by atoms with E-state index >= 15 is 0 Å². The molecule has 18 heavy (non-hydrogen) atoms. The average Bonchev–Trinajstić information content (AvgIpc) is 2.26. The molecule has 0 atom stereocenters. The van der Waals surface area contributed by atoms with Crippen LogP contribution in [0.15, 0.2) is 34.7 Å². The number of nitrogens with zero attached hydrogens (tertiary/aromatic N) is 1. The van der Waals surface area contributed by atoms with Crippen LogP contribution in [0.3, 0.4) is 0 Å². The summed E-state index contributed by atoms with van der Waals surface area (Å²) in [5.74, 6) is 0. The molecule has 0 aliphatic heterocycles. The molecule has 0 saturated heterocycles. The number of nitro groups is 1. The summed E-state index contributed by atoms with van der Waals surface area (Å²) >= 11 is 5.43. The Kier molecular flexibility index (Phi) is 4.28. The van der Waals surface area contributed by atoms with E-state index in [9.17, 15) is 18.5 Å². The highest BCUT2D eigenvalue weighted by atomic mass is 35.5. The lowest BCUT2D eigenvalue weighted by Crippen LogP contribution is -2.24. The SMILES string of the molecule is C=C(Cl)CNS(=O)(=O)c1ccc(N)c([N+](=O)[O-])c1. The molecule has 0 amide bonds. The van der Waals surface area contributed by atoms with Crippen LogP contribution >= 0.6 is 11.6 Å². The van der Waals surface area contributed by atoms with Crippen molar-refractivity contribution in [2.75, 3.05) is 12.3 Å². The maximum Gasteiger partial charge on any atom is 0.293 e. The number of nitro benzene ring substituents is 1. The van der Waals surface area contributed by atoms with Crippen LogP contribution in [-0.2, 0) is 10.0 Å². The van der Waals surface area contributed by atoms with Gasteiger partial charge in [0.2, 0.25) is 10.0 Å². The standard InChI is InChI=1S/C9H10ClN3O4S/c1-6(10)5-12-18(16,17)7-2-3-8(11)9(4-7)13(14)15/h2-4,12H,1,5,11H2. The zero-order valence-corrected chi connectivity index (χ0v) is 10.7. The molecule has 0 unspecified atom stereocenters. The minimum absolute atomic E-state index is 0.100. The monoisotopic (exact) mass is 291 g/mol. The van der Waals surface area contributed by atoms with Crippen molar-refractivity contribution in [1.29, 1.82) is 0 Å². The summed E-state index contributed by atoms with van der Waals surface area (Å²) in [6.45, 7) is 3.16. The Morgan fingerprint density at radius 1 is 1.56 bits per heavy atom. The summed E-state index contributed by atoms with van der Waals surface area (Å²) < 4.78 is 25.6. The van der Waals surface area contributed by atoms with E-state index in [-0.39, 0.29) is 22.2 Å². The van der Waals surface area contributed by atoms with Gasteiger partial charge in [0.25, 0.3) is 5.69 Å². The third-order valence-corrected chi connectivity index (χ3v) is 3.50. The zero-order chi connectivity index (χ0) is 13.9. The van der Waals surface area contributed by atoms with E-state index in [1.807, 2.05) is 0 Å². The lowest BCUT2D eigenvalue weighted by Gasteiger charge is -2.06. The van der Waals surface area contributed by atoms with Crippen LogP contribution in [0.2, 0.25) is 0 Å². The molecule has 1 aromatic rings. The van der Waals surface area contributed by atoms with Gasteiger partial charge in [-0.15, -0.1) is 0 Å². The molecule has 1 rings (SSSR count). The maximum absolute atomic E-state index is 11.7. The molecule has 0 bridgehead atoms. The number of hydrogen-bond donors (Lipinski definition) is 2. The largest absolute Gasteiger partial charge is 0.393 e. The highest BCUT2D eigenvalue weighted by molar-refractivity contribution is 7.89. The first-order valence-electron chi connectivity index (χ1n) is 4.61. The van der Waals surface area contributed by atoms with Crippen LogP contribution in [0.1, 0.15) is 0 Å². The Hall–Kier alpha value is -1.64. The first-order valence-corrected chi connectivity index (χ1v) is 6.47. The van der Waals surface area contributed by atoms with Crippen LogP contribution in [-0.4, -0.2) is 19.9 Å². The van der Waals surface area contributed by atoms with Crippen LogP contribution in [0, 0.1) is 10.1 Å². The minimum atomic E-state index is -3.88. The normalized spacial score (nSPS) is 11.2. The van der Waals surface area contributed by atoms with Crippen molar-refractivity contribution in [3.8, 4) is 0 Å². The molecule has 3 N–H and O–H groups in total. The van der Waals surface area contributed by atoms with Crippen molar-refractivity contribution < 1.29 is 13.3 Å². The lowest BCUT2D eigenvalue weighted by molar-refractivity contribution is -0.384. The summed E-state index contributed by atoms with van der Waals surface area (Å²) in [4.78, 5) is 9.62. The molecule has 0 radical (unpaired) electrons. The van der Waals surface area contributed by atoms with E-state index < -0.39 is 20.6 Å². The highest BCUT2D eigenvalue weighted by Gasteiger charge is 2.19. The predicted octanol–water partition coefficient (Wildman–Crippen LogP) is 1.21. The van der Waals surface area contributed by atoms with Gasteiger partial charge in [-0.3, -0.25) is 10.1 Å². The molecule has 0 aliphatic carbocycles. The van der Waals surface area contributed by atoms with Crippen molar-refractivity contribution in [3.63, 3.8) is 0 Å². The van der Waals surface area contributed by atoms with Crippen molar-refractivity contribution in [2.45, 2.75) is 4.90 Å². The molecule has 9 heteroatoms. The Morgan fingerprint density at radius 3 is 2.67 bits per heavy atom. The van der Waals surface area contributed by atoms with E-state index in [0.29, 0.717) is 0 Å². The Labute approximate surface area is 108 Å². The van der Waals surface area contributed by atoms with Gasteiger partial charge in [-0.2, -0.15) is 0 Å². The van der Waals surface area contributed by atoms with Gasteiger partial charge >= 0.3 is 0 Å². The fraction of sp³-hybridized carbons (Fsp3) is 0.111. The topological polar surface area (TPSA) is 115 Å². The average molecular weight is 292 g/mol. The third kappa shape index (κ3) is 3.42. The minimum Gasteiger partial charge on any atom is -0.393 e. The molecule has 0 aliphatic rings. The third-order valence-electron chi connectivity index (χ3n) is 1.96. The molecule has 0 heterocycles. The number of anilines is 1. The smallest absolute Gasteiger partial charge is 0.293 e. The molecule has 0 fully saturated rings. The number of nitrogens with one attached hydrogen (secondary N) is 1. The predicted molar refractivity (Wildman–Crippen MR) is 67.7 cm³/mol. The fourth-order valence-electron chi connectivity index (χ4n) is 1.11. The van der Waals surface area contributed by atoms with Gasteiger partial charge in [-0.05, 0) is 12.1 Å². The number of sulfonamides is 1. The van der Waals surface area contributed by atoms with Crippen LogP contribution in [0.25, 0.3) is 0 Å². The number of nitrogens with two attached hydrogens (primary N) is 1. The van der Waals surface area contributed by atoms with E-state index in [4.69, 9.17) is 17.3 Å². The van der Waals surface area contributed by atoms with Crippen LogP contribution in [0.5, 0.6) is 0 Å². The summed E-state index contributed by atoms with van der Waals surface area (Å²) in [5.41, 5.74) is 4.78. The second-order valence-electron chi connectivity index (χ2n) is 3.32. The molecular formula is C9H10ClN3O4S. The molecular weight excluding hydrogens is 282 g/mol. The van der Waals surface area contributed by atoms with E-state index in [1.54, 1.807) is 0 Å². The lowest BCUT2D eigenvalue weighted by atomic mass is 10.3. The van der Waals surface area contributed by atoms with Crippen molar-refractivity contribution in [1.82, 2.24) is 4.72 Å². The maximum atomic E-state index is 11.7. The van der Waals surface area contributed by atoms with Gasteiger partial charge in [0, 0.05) is 17.6 Å². The Bertz CT molecular complexity index is 600. The van der Waals surface area contributed by atoms with E-state index in [1.165, 1.54) is 6.07 Å². The number of nitrogen functional groups attached to an aromatic ring is 1. The molecule has 7 nitrogen and oxygen atoms in total.